The van der Waals surface area contributed by atoms with Crippen LogP contribution in [0, 0.1) is 0 Å². The summed E-state index contributed by atoms with van der Waals surface area (Å²) in [5.41, 5.74) is 5.38. The summed E-state index contributed by atoms with van der Waals surface area (Å²) in [6, 6.07) is -0.683. The molecular formula is C9H18FN3O2S. The molecule has 0 bridgehead atoms. The Morgan fingerprint density at radius 2 is 2.12 bits per heavy atom. The van der Waals surface area contributed by atoms with Crippen LogP contribution in [0.2, 0.25) is 0 Å². The van der Waals surface area contributed by atoms with Crippen LogP contribution in [0.4, 0.5) is 9.18 Å². The zero-order valence-corrected chi connectivity index (χ0v) is 9.97. The van der Waals surface area contributed by atoms with Gasteiger partial charge < -0.3 is 16.0 Å². The quantitative estimate of drug-likeness (QED) is 0.704. The van der Waals surface area contributed by atoms with Gasteiger partial charge in [0.15, 0.2) is 0 Å². The molecule has 0 unspecified atom stereocenters. The van der Waals surface area contributed by atoms with Crippen molar-refractivity contribution < 1.29 is 13.4 Å². The largest absolute Gasteiger partial charge is 0.338 e. The summed E-state index contributed by atoms with van der Waals surface area (Å²) in [5.74, 6) is 1.08. The number of nitrogens with zero attached hydrogens (tertiary/aromatic N) is 1. The van der Waals surface area contributed by atoms with Crippen LogP contribution in [0.5, 0.6) is 0 Å². The second-order valence-electron chi connectivity index (χ2n) is 3.77. The minimum Gasteiger partial charge on any atom is -0.338 e. The Kier molecular flexibility index (Phi) is 5.68. The normalized spacial score (nSPS) is 19.5. The van der Waals surface area contributed by atoms with Gasteiger partial charge in [0, 0.05) is 48.0 Å². The number of carbonyl (C=O) groups is 1. The Balaban J connectivity index is 2.17. The van der Waals surface area contributed by atoms with Gasteiger partial charge in [0.25, 0.3) is 0 Å². The smallest absolute Gasteiger partial charge is 0.317 e. The highest BCUT2D eigenvalue weighted by Gasteiger charge is 2.19. The van der Waals surface area contributed by atoms with Crippen molar-refractivity contribution in [2.75, 3.05) is 37.8 Å². The molecule has 0 aromatic heterocycles. The average Bonchev–Trinajstić information content (AvgIpc) is 2.29. The molecule has 16 heavy (non-hydrogen) atoms. The molecule has 1 fully saturated rings. The summed E-state index contributed by atoms with van der Waals surface area (Å²) in [7, 11) is -0.783. The van der Waals surface area contributed by atoms with Crippen molar-refractivity contribution in [3.05, 3.63) is 0 Å². The molecule has 94 valence electrons. The lowest BCUT2D eigenvalue weighted by molar-refractivity contribution is 0.202. The molecule has 1 heterocycles. The fourth-order valence-electron chi connectivity index (χ4n) is 1.39. The fourth-order valence-corrected chi connectivity index (χ4v) is 2.45. The predicted molar refractivity (Wildman–Crippen MR) is 61.4 cm³/mol. The van der Waals surface area contributed by atoms with Crippen molar-refractivity contribution in [2.24, 2.45) is 5.73 Å². The molecule has 5 nitrogen and oxygen atoms in total. The minimum absolute atomic E-state index is 0.178. The second-order valence-corrected chi connectivity index (χ2v) is 5.47. The van der Waals surface area contributed by atoms with Crippen LogP contribution in [0.15, 0.2) is 0 Å². The molecule has 1 aliphatic heterocycles. The van der Waals surface area contributed by atoms with Gasteiger partial charge in [-0.1, -0.05) is 0 Å². The van der Waals surface area contributed by atoms with Gasteiger partial charge in [0.2, 0.25) is 0 Å². The first kappa shape index (κ1) is 13.4. The molecule has 1 atom stereocenters. The molecule has 7 heteroatoms. The van der Waals surface area contributed by atoms with E-state index in [1.165, 1.54) is 0 Å². The lowest BCUT2D eigenvalue weighted by Gasteiger charge is -2.26. The highest BCUT2D eigenvalue weighted by atomic mass is 32.2. The number of urea groups is 1. The van der Waals surface area contributed by atoms with E-state index in [-0.39, 0.29) is 6.03 Å². The highest BCUT2D eigenvalue weighted by Crippen LogP contribution is 2.00. The molecule has 1 rings (SSSR count). The number of halogens is 1. The van der Waals surface area contributed by atoms with Gasteiger partial charge in [-0.05, 0) is 6.42 Å². The van der Waals surface area contributed by atoms with Crippen LogP contribution in [0.1, 0.15) is 6.42 Å². The first-order valence-electron chi connectivity index (χ1n) is 5.32. The van der Waals surface area contributed by atoms with Crippen molar-refractivity contribution >= 4 is 16.8 Å². The first-order valence-corrected chi connectivity index (χ1v) is 6.81. The van der Waals surface area contributed by atoms with Crippen LogP contribution < -0.4 is 11.1 Å². The third-order valence-electron chi connectivity index (χ3n) is 2.45. The Labute approximate surface area is 97.0 Å². The Morgan fingerprint density at radius 1 is 1.50 bits per heavy atom. The van der Waals surface area contributed by atoms with E-state index in [9.17, 15) is 13.4 Å². The van der Waals surface area contributed by atoms with Crippen molar-refractivity contribution in [3.8, 4) is 0 Å². The van der Waals surface area contributed by atoms with Crippen molar-refractivity contribution in [2.45, 2.75) is 12.5 Å². The topological polar surface area (TPSA) is 75.4 Å². The van der Waals surface area contributed by atoms with Gasteiger partial charge in [-0.25, -0.2) is 9.18 Å². The molecule has 0 aliphatic carbocycles. The third kappa shape index (κ3) is 4.44. The molecule has 0 saturated carbocycles. The summed E-state index contributed by atoms with van der Waals surface area (Å²) in [6.07, 6.45) is 0.433. The minimum atomic E-state index is -0.783. The molecule has 0 aromatic carbocycles. The van der Waals surface area contributed by atoms with E-state index >= 15 is 0 Å². The number of hydrogen-bond acceptors (Lipinski definition) is 3. The molecule has 2 amide bonds. The Bertz CT molecular complexity index is 255. The van der Waals surface area contributed by atoms with Crippen LogP contribution in [-0.2, 0) is 10.8 Å². The number of hydrogen-bond donors (Lipinski definition) is 2. The first-order chi connectivity index (χ1) is 7.63. The molecule has 1 saturated heterocycles. The van der Waals surface area contributed by atoms with E-state index < -0.39 is 23.5 Å². The molecule has 3 N–H and O–H groups in total. The summed E-state index contributed by atoms with van der Waals surface area (Å²) >= 11 is 0. The maximum atomic E-state index is 12.0. The number of nitrogens with one attached hydrogen (secondary N) is 1. The molecule has 0 spiro atoms. The summed E-state index contributed by atoms with van der Waals surface area (Å²) < 4.78 is 23.1. The lowest BCUT2D eigenvalue weighted by Crippen LogP contribution is -2.47. The predicted octanol–water partition coefficient (Wildman–Crippen LogP) is -0.553. The van der Waals surface area contributed by atoms with Crippen molar-refractivity contribution in [1.82, 2.24) is 10.2 Å². The zero-order valence-electron chi connectivity index (χ0n) is 9.15. The van der Waals surface area contributed by atoms with Crippen LogP contribution >= 0.6 is 0 Å². The van der Waals surface area contributed by atoms with Crippen LogP contribution in [-0.4, -0.2) is 59.0 Å². The van der Waals surface area contributed by atoms with E-state index in [1.54, 1.807) is 4.90 Å². The maximum absolute atomic E-state index is 12.0. The summed E-state index contributed by atoms with van der Waals surface area (Å²) in [4.78, 5) is 13.2. The van der Waals surface area contributed by atoms with E-state index in [1.807, 2.05) is 0 Å². The summed E-state index contributed by atoms with van der Waals surface area (Å²) in [5, 5.41) is 2.67. The molecule has 0 radical (unpaired) electrons. The maximum Gasteiger partial charge on any atom is 0.317 e. The SMILES string of the molecule is N[C@@H](CF)CCNC(=O)N1CCS(=O)CC1. The lowest BCUT2D eigenvalue weighted by atomic mass is 10.2. The standard InChI is InChI=1S/C9H18FN3O2S/c10-7-8(11)1-2-12-9(14)13-3-5-16(15)6-4-13/h8H,1-7,11H2,(H,12,14)/t8-/m1/s1. The Hall–Kier alpha value is -0.690. The van der Waals surface area contributed by atoms with Gasteiger partial charge in [-0.2, -0.15) is 0 Å². The number of carbonyl (C=O) groups excluding carboxylic acids is 1. The van der Waals surface area contributed by atoms with Gasteiger partial charge in [-0.15, -0.1) is 0 Å². The number of alkyl halides is 1. The summed E-state index contributed by atoms with van der Waals surface area (Å²) in [6.45, 7) is 0.850. The van der Waals surface area contributed by atoms with E-state index in [0.29, 0.717) is 37.6 Å². The van der Waals surface area contributed by atoms with E-state index in [4.69, 9.17) is 5.73 Å². The van der Waals surface area contributed by atoms with Crippen LogP contribution in [0.3, 0.4) is 0 Å². The zero-order chi connectivity index (χ0) is 12.0. The van der Waals surface area contributed by atoms with Crippen molar-refractivity contribution in [3.63, 3.8) is 0 Å². The third-order valence-corrected chi connectivity index (χ3v) is 3.73. The van der Waals surface area contributed by atoms with Gasteiger partial charge >= 0.3 is 6.03 Å². The number of amides is 2. The van der Waals surface area contributed by atoms with E-state index in [2.05, 4.69) is 5.32 Å². The van der Waals surface area contributed by atoms with Crippen LogP contribution in [0.25, 0.3) is 0 Å². The van der Waals surface area contributed by atoms with Gasteiger partial charge in [0.1, 0.15) is 6.67 Å². The molecule has 0 aromatic rings. The van der Waals surface area contributed by atoms with Crippen molar-refractivity contribution in [1.29, 1.82) is 0 Å². The fraction of sp³-hybridized carbons (Fsp3) is 0.889. The Morgan fingerprint density at radius 3 is 2.69 bits per heavy atom. The number of nitrogens with two attached hydrogens (primary N) is 1. The van der Waals surface area contributed by atoms with Gasteiger partial charge in [-0.3, -0.25) is 4.21 Å². The molecular weight excluding hydrogens is 233 g/mol. The number of rotatable bonds is 4. The average molecular weight is 251 g/mol. The molecule has 1 aliphatic rings. The van der Waals surface area contributed by atoms with Gasteiger partial charge in [0.05, 0.1) is 0 Å². The highest BCUT2D eigenvalue weighted by molar-refractivity contribution is 7.85. The second kappa shape index (κ2) is 6.80. The monoisotopic (exact) mass is 251 g/mol. The van der Waals surface area contributed by atoms with E-state index in [0.717, 1.165) is 0 Å².